The molecule has 0 atom stereocenters. The molecule has 0 aliphatic heterocycles. The Labute approximate surface area is 96.3 Å². The van der Waals surface area contributed by atoms with Crippen molar-refractivity contribution in [3.8, 4) is 6.07 Å². The molecule has 3 N–H and O–H groups in total. The second kappa shape index (κ2) is 4.89. The fourth-order valence-corrected chi connectivity index (χ4v) is 1.79. The topological polar surface area (TPSA) is 61.8 Å². The van der Waals surface area contributed by atoms with Gasteiger partial charge in [0.05, 0.1) is 5.56 Å². The molecule has 0 spiro atoms. The van der Waals surface area contributed by atoms with Gasteiger partial charge in [-0.2, -0.15) is 5.26 Å². The fraction of sp³-hybridized carbons (Fsp3) is 0.462. The third kappa shape index (κ3) is 2.90. The van der Waals surface area contributed by atoms with Crippen molar-refractivity contribution in [2.45, 2.75) is 25.7 Å². The van der Waals surface area contributed by atoms with Crippen molar-refractivity contribution in [1.29, 1.82) is 5.26 Å². The van der Waals surface area contributed by atoms with Crippen LogP contribution in [0.2, 0.25) is 0 Å². The van der Waals surface area contributed by atoms with Crippen molar-refractivity contribution in [3.05, 3.63) is 23.8 Å². The Kier molecular flexibility index (Phi) is 3.31. The van der Waals surface area contributed by atoms with E-state index in [2.05, 4.69) is 11.4 Å². The van der Waals surface area contributed by atoms with Crippen molar-refractivity contribution >= 4 is 11.4 Å². The number of nitrogens with two attached hydrogens (primary N) is 1. The molecule has 1 saturated carbocycles. The van der Waals surface area contributed by atoms with Gasteiger partial charge >= 0.3 is 0 Å². The Hall–Kier alpha value is -1.69. The average molecular weight is 215 g/mol. The summed E-state index contributed by atoms with van der Waals surface area (Å²) in [5, 5.41) is 12.2. The summed E-state index contributed by atoms with van der Waals surface area (Å²) < 4.78 is 0. The van der Waals surface area contributed by atoms with Crippen LogP contribution in [0.25, 0.3) is 0 Å². The van der Waals surface area contributed by atoms with Gasteiger partial charge in [-0.25, -0.2) is 0 Å². The Morgan fingerprint density at radius 2 is 2.25 bits per heavy atom. The number of benzene rings is 1. The van der Waals surface area contributed by atoms with Gasteiger partial charge in [0.2, 0.25) is 0 Å². The zero-order valence-electron chi connectivity index (χ0n) is 9.37. The molecule has 0 saturated heterocycles. The first-order valence-electron chi connectivity index (χ1n) is 5.83. The summed E-state index contributed by atoms with van der Waals surface area (Å²) in [5.41, 5.74) is 7.74. The van der Waals surface area contributed by atoms with E-state index in [1.807, 2.05) is 12.1 Å². The van der Waals surface area contributed by atoms with E-state index in [9.17, 15) is 0 Å². The third-order valence-corrected chi connectivity index (χ3v) is 2.99. The zero-order chi connectivity index (χ0) is 11.4. The lowest BCUT2D eigenvalue weighted by Gasteiger charge is -2.07. The molecule has 0 amide bonds. The first-order chi connectivity index (χ1) is 7.79. The van der Waals surface area contributed by atoms with E-state index in [0.29, 0.717) is 11.3 Å². The molecule has 84 valence electrons. The SMILES string of the molecule is N#Cc1cc(NCCCC2CC2)ccc1N. The molecule has 0 radical (unpaired) electrons. The molecule has 3 heteroatoms. The van der Waals surface area contributed by atoms with Crippen molar-refractivity contribution in [3.63, 3.8) is 0 Å². The standard InChI is InChI=1S/C13H17N3/c14-9-11-8-12(5-6-13(11)15)16-7-1-2-10-3-4-10/h5-6,8,10,16H,1-4,7,15H2. The minimum absolute atomic E-state index is 0.547. The van der Waals surface area contributed by atoms with Crippen LogP contribution in [0.3, 0.4) is 0 Å². The molecule has 0 aromatic heterocycles. The Morgan fingerprint density at radius 3 is 2.94 bits per heavy atom. The van der Waals surface area contributed by atoms with Crippen LogP contribution in [-0.2, 0) is 0 Å². The number of anilines is 2. The van der Waals surface area contributed by atoms with Crippen molar-refractivity contribution in [2.24, 2.45) is 5.92 Å². The van der Waals surface area contributed by atoms with Gasteiger partial charge in [0.1, 0.15) is 6.07 Å². The van der Waals surface area contributed by atoms with E-state index >= 15 is 0 Å². The normalized spacial score (nSPS) is 14.4. The lowest BCUT2D eigenvalue weighted by atomic mass is 10.1. The van der Waals surface area contributed by atoms with Gasteiger partial charge in [-0.05, 0) is 37.0 Å². The van der Waals surface area contributed by atoms with Crippen LogP contribution in [0.5, 0.6) is 0 Å². The van der Waals surface area contributed by atoms with Crippen molar-refractivity contribution in [2.75, 3.05) is 17.6 Å². The summed E-state index contributed by atoms with van der Waals surface area (Å²) in [6.45, 7) is 0.977. The summed E-state index contributed by atoms with van der Waals surface area (Å²) in [4.78, 5) is 0. The Morgan fingerprint density at radius 1 is 1.44 bits per heavy atom. The summed E-state index contributed by atoms with van der Waals surface area (Å²) in [5.74, 6) is 0.989. The van der Waals surface area contributed by atoms with E-state index in [4.69, 9.17) is 11.0 Å². The van der Waals surface area contributed by atoms with Crippen LogP contribution >= 0.6 is 0 Å². The van der Waals surface area contributed by atoms with E-state index in [1.165, 1.54) is 25.7 Å². The van der Waals surface area contributed by atoms with E-state index in [1.54, 1.807) is 6.07 Å². The number of hydrogen-bond donors (Lipinski definition) is 2. The molecule has 0 bridgehead atoms. The molecule has 0 heterocycles. The molecule has 1 aliphatic rings. The maximum absolute atomic E-state index is 8.84. The fourth-order valence-electron chi connectivity index (χ4n) is 1.79. The summed E-state index contributed by atoms with van der Waals surface area (Å²) in [7, 11) is 0. The predicted molar refractivity (Wildman–Crippen MR) is 66.0 cm³/mol. The van der Waals surface area contributed by atoms with Gasteiger partial charge < -0.3 is 11.1 Å². The summed E-state index contributed by atoms with van der Waals surface area (Å²) >= 11 is 0. The van der Waals surface area contributed by atoms with Crippen LogP contribution in [0.4, 0.5) is 11.4 Å². The van der Waals surface area contributed by atoms with Crippen LogP contribution in [0.1, 0.15) is 31.2 Å². The molecule has 3 nitrogen and oxygen atoms in total. The molecule has 1 aromatic rings. The number of rotatable bonds is 5. The highest BCUT2D eigenvalue weighted by Gasteiger charge is 2.19. The molecule has 0 unspecified atom stereocenters. The highest BCUT2D eigenvalue weighted by molar-refractivity contribution is 5.61. The van der Waals surface area contributed by atoms with E-state index in [0.717, 1.165) is 18.2 Å². The van der Waals surface area contributed by atoms with Crippen LogP contribution in [-0.4, -0.2) is 6.54 Å². The summed E-state index contributed by atoms with van der Waals surface area (Å²) in [6, 6.07) is 7.60. The first-order valence-corrected chi connectivity index (χ1v) is 5.83. The number of nitrogen functional groups attached to an aromatic ring is 1. The van der Waals surface area contributed by atoms with Gasteiger partial charge in [-0.3, -0.25) is 0 Å². The maximum Gasteiger partial charge on any atom is 0.101 e. The van der Waals surface area contributed by atoms with Gasteiger partial charge in [0.15, 0.2) is 0 Å². The second-order valence-electron chi connectivity index (χ2n) is 4.43. The Balaban J connectivity index is 1.81. The molecule has 1 aliphatic carbocycles. The zero-order valence-corrected chi connectivity index (χ0v) is 9.37. The smallest absolute Gasteiger partial charge is 0.101 e. The van der Waals surface area contributed by atoms with Crippen LogP contribution in [0.15, 0.2) is 18.2 Å². The number of nitrogens with one attached hydrogen (secondary N) is 1. The number of hydrogen-bond acceptors (Lipinski definition) is 3. The Bertz CT molecular complexity index is 402. The van der Waals surface area contributed by atoms with Gasteiger partial charge in [-0.15, -0.1) is 0 Å². The van der Waals surface area contributed by atoms with Gasteiger partial charge in [0.25, 0.3) is 0 Å². The molecule has 16 heavy (non-hydrogen) atoms. The molecule has 1 aromatic carbocycles. The van der Waals surface area contributed by atoms with Crippen molar-refractivity contribution < 1.29 is 0 Å². The average Bonchev–Trinajstić information content (AvgIpc) is 3.10. The lowest BCUT2D eigenvalue weighted by molar-refractivity contribution is 0.687. The number of nitriles is 1. The third-order valence-electron chi connectivity index (χ3n) is 2.99. The predicted octanol–water partition coefficient (Wildman–Crippen LogP) is 2.74. The quantitative estimate of drug-likeness (QED) is 0.586. The molecular weight excluding hydrogens is 198 g/mol. The highest BCUT2D eigenvalue weighted by atomic mass is 14.9. The second-order valence-corrected chi connectivity index (χ2v) is 4.43. The largest absolute Gasteiger partial charge is 0.398 e. The van der Waals surface area contributed by atoms with Crippen LogP contribution in [0, 0.1) is 17.2 Å². The minimum Gasteiger partial charge on any atom is -0.398 e. The van der Waals surface area contributed by atoms with Gasteiger partial charge in [0, 0.05) is 17.9 Å². The molecule has 1 fully saturated rings. The maximum atomic E-state index is 8.84. The lowest BCUT2D eigenvalue weighted by Crippen LogP contribution is -2.02. The molecule has 2 rings (SSSR count). The summed E-state index contributed by atoms with van der Waals surface area (Å²) in [6.07, 6.45) is 5.37. The van der Waals surface area contributed by atoms with Crippen molar-refractivity contribution in [1.82, 2.24) is 0 Å². The first kappa shape index (κ1) is 10.8. The minimum atomic E-state index is 0.547. The number of nitrogens with zero attached hydrogens (tertiary/aromatic N) is 1. The van der Waals surface area contributed by atoms with E-state index < -0.39 is 0 Å². The van der Waals surface area contributed by atoms with Crippen LogP contribution < -0.4 is 11.1 Å². The monoisotopic (exact) mass is 215 g/mol. The van der Waals surface area contributed by atoms with E-state index in [-0.39, 0.29) is 0 Å². The highest BCUT2D eigenvalue weighted by Crippen LogP contribution is 2.33. The van der Waals surface area contributed by atoms with Gasteiger partial charge in [-0.1, -0.05) is 12.8 Å². The molecular formula is C13H17N3.